The summed E-state index contributed by atoms with van der Waals surface area (Å²) in [6.07, 6.45) is 1.18. The topological polar surface area (TPSA) is 84.0 Å². The summed E-state index contributed by atoms with van der Waals surface area (Å²) in [7, 11) is 0. The van der Waals surface area contributed by atoms with E-state index in [4.69, 9.17) is 0 Å². The fourth-order valence-corrected chi connectivity index (χ4v) is 3.33. The van der Waals surface area contributed by atoms with Crippen LogP contribution in [0.5, 0.6) is 0 Å². The maximum Gasteiger partial charge on any atom is 0.249 e. The van der Waals surface area contributed by atoms with Gasteiger partial charge in [0, 0.05) is 12.0 Å². The largest absolute Gasteiger partial charge is 0.344 e. The highest BCUT2D eigenvalue weighted by atomic mass is 32.1. The number of carbonyl (C=O) groups excluding carboxylic acids is 2. The molecule has 0 aliphatic rings. The summed E-state index contributed by atoms with van der Waals surface area (Å²) < 4.78 is 0. The highest BCUT2D eigenvalue weighted by Crippen LogP contribution is 2.26. The molecular formula is C20H28N4O2S. The summed E-state index contributed by atoms with van der Waals surface area (Å²) in [5, 5.41) is 15.1. The Kier molecular flexibility index (Phi) is 7.47. The Morgan fingerprint density at radius 1 is 1.11 bits per heavy atom. The fourth-order valence-electron chi connectivity index (χ4n) is 2.57. The number of hydrogen-bond acceptors (Lipinski definition) is 5. The molecule has 0 spiro atoms. The van der Waals surface area contributed by atoms with Crippen molar-refractivity contribution in [2.24, 2.45) is 11.8 Å². The molecule has 0 aliphatic carbocycles. The van der Waals surface area contributed by atoms with Gasteiger partial charge in [-0.05, 0) is 18.8 Å². The molecule has 27 heavy (non-hydrogen) atoms. The summed E-state index contributed by atoms with van der Waals surface area (Å²) in [4.78, 5) is 24.9. The predicted molar refractivity (Wildman–Crippen MR) is 110 cm³/mol. The van der Waals surface area contributed by atoms with Gasteiger partial charge in [0.25, 0.3) is 0 Å². The van der Waals surface area contributed by atoms with Crippen molar-refractivity contribution in [1.29, 1.82) is 0 Å². The molecule has 1 aromatic carbocycles. The number of nitrogens with zero attached hydrogens (tertiary/aromatic N) is 2. The lowest BCUT2D eigenvalue weighted by atomic mass is 9.97. The molecule has 0 fully saturated rings. The molecule has 7 heteroatoms. The van der Waals surface area contributed by atoms with Gasteiger partial charge < -0.3 is 5.32 Å². The molecule has 2 amide bonds. The Labute approximate surface area is 164 Å². The number of carbonyl (C=O) groups is 2. The van der Waals surface area contributed by atoms with Gasteiger partial charge in [0.1, 0.15) is 11.0 Å². The van der Waals surface area contributed by atoms with Crippen molar-refractivity contribution in [1.82, 2.24) is 15.5 Å². The summed E-state index contributed by atoms with van der Waals surface area (Å²) >= 11 is 1.32. The van der Waals surface area contributed by atoms with Crippen molar-refractivity contribution >= 4 is 28.3 Å². The maximum atomic E-state index is 12.7. The number of aryl methyl sites for hydroxylation is 1. The van der Waals surface area contributed by atoms with Crippen molar-refractivity contribution in [3.05, 3.63) is 29.8 Å². The van der Waals surface area contributed by atoms with Crippen molar-refractivity contribution in [3.63, 3.8) is 0 Å². The van der Waals surface area contributed by atoms with Crippen LogP contribution in [-0.4, -0.2) is 28.1 Å². The highest BCUT2D eigenvalue weighted by Gasteiger charge is 2.27. The molecule has 2 aromatic rings. The lowest BCUT2D eigenvalue weighted by molar-refractivity contribution is -0.128. The molecule has 2 atom stereocenters. The van der Waals surface area contributed by atoms with E-state index in [1.54, 1.807) is 0 Å². The molecule has 0 saturated heterocycles. The molecular weight excluding hydrogens is 360 g/mol. The molecule has 1 aromatic heterocycles. The number of aromatic nitrogens is 2. The normalized spacial score (nSPS) is 13.3. The van der Waals surface area contributed by atoms with E-state index in [2.05, 4.69) is 20.8 Å². The lowest BCUT2D eigenvalue weighted by Crippen LogP contribution is -2.47. The average molecular weight is 389 g/mol. The van der Waals surface area contributed by atoms with Gasteiger partial charge in [-0.2, -0.15) is 0 Å². The molecule has 0 aliphatic heterocycles. The van der Waals surface area contributed by atoms with E-state index in [0.29, 0.717) is 11.6 Å². The second-order valence-electron chi connectivity index (χ2n) is 7.30. The van der Waals surface area contributed by atoms with Crippen molar-refractivity contribution in [2.75, 3.05) is 5.32 Å². The van der Waals surface area contributed by atoms with Crippen LogP contribution in [0.1, 0.15) is 46.1 Å². The first-order chi connectivity index (χ1) is 12.8. The van der Waals surface area contributed by atoms with E-state index in [1.807, 2.05) is 58.9 Å². The maximum absolute atomic E-state index is 12.7. The van der Waals surface area contributed by atoms with E-state index >= 15 is 0 Å². The highest BCUT2D eigenvalue weighted by molar-refractivity contribution is 7.18. The standard InChI is InChI=1S/C20H28N4O2S/c1-6-14(5)17(21-16(25)11-12(2)3)18(26)22-20-24-23-19(27-20)15-9-7-13(4)8-10-15/h7-10,12,14,17H,6,11H2,1-5H3,(H,21,25)(H,22,24,26). The van der Waals surface area contributed by atoms with Crippen molar-refractivity contribution in [2.45, 2.75) is 53.5 Å². The van der Waals surface area contributed by atoms with Crippen LogP contribution in [-0.2, 0) is 9.59 Å². The van der Waals surface area contributed by atoms with Crippen LogP contribution < -0.4 is 10.6 Å². The Hall–Kier alpha value is -2.28. The first-order valence-electron chi connectivity index (χ1n) is 9.30. The SMILES string of the molecule is CCC(C)C(NC(=O)CC(C)C)C(=O)Nc1nnc(-c2ccc(C)cc2)s1. The van der Waals surface area contributed by atoms with Crippen LogP contribution in [0.25, 0.3) is 10.6 Å². The molecule has 0 bridgehead atoms. The predicted octanol–water partition coefficient (Wildman–Crippen LogP) is 4.03. The van der Waals surface area contributed by atoms with Crippen LogP contribution in [0.3, 0.4) is 0 Å². The minimum Gasteiger partial charge on any atom is -0.344 e. The van der Waals surface area contributed by atoms with Crippen LogP contribution in [0, 0.1) is 18.8 Å². The number of rotatable bonds is 8. The molecule has 6 nitrogen and oxygen atoms in total. The lowest BCUT2D eigenvalue weighted by Gasteiger charge is -2.23. The van der Waals surface area contributed by atoms with Gasteiger partial charge in [0.05, 0.1) is 0 Å². The summed E-state index contributed by atoms with van der Waals surface area (Å²) in [6, 6.07) is 7.40. The van der Waals surface area contributed by atoms with Crippen LogP contribution in [0.2, 0.25) is 0 Å². The van der Waals surface area contributed by atoms with Gasteiger partial charge in [-0.3, -0.25) is 14.9 Å². The Bertz CT molecular complexity index is 771. The summed E-state index contributed by atoms with van der Waals surface area (Å²) in [5.41, 5.74) is 2.13. The monoisotopic (exact) mass is 388 g/mol. The third-order valence-corrected chi connectivity index (χ3v) is 5.25. The Morgan fingerprint density at radius 2 is 1.78 bits per heavy atom. The van der Waals surface area contributed by atoms with E-state index in [-0.39, 0.29) is 23.7 Å². The first-order valence-corrected chi connectivity index (χ1v) is 10.1. The zero-order valence-corrected chi connectivity index (χ0v) is 17.4. The quantitative estimate of drug-likeness (QED) is 0.715. The fraction of sp³-hybridized carbons (Fsp3) is 0.500. The molecule has 0 saturated carbocycles. The average Bonchev–Trinajstić information content (AvgIpc) is 3.07. The third-order valence-electron chi connectivity index (χ3n) is 4.36. The van der Waals surface area contributed by atoms with E-state index < -0.39 is 6.04 Å². The zero-order chi connectivity index (χ0) is 20.0. The Balaban J connectivity index is 2.08. The molecule has 2 unspecified atom stereocenters. The molecule has 2 N–H and O–H groups in total. The second kappa shape index (κ2) is 9.60. The molecule has 1 heterocycles. The zero-order valence-electron chi connectivity index (χ0n) is 16.6. The van der Waals surface area contributed by atoms with Crippen molar-refractivity contribution < 1.29 is 9.59 Å². The minimum absolute atomic E-state index is 0.0191. The third kappa shape index (κ3) is 6.13. The number of amides is 2. The van der Waals surface area contributed by atoms with Gasteiger partial charge in [0.15, 0.2) is 0 Å². The van der Waals surface area contributed by atoms with Gasteiger partial charge in [0.2, 0.25) is 16.9 Å². The van der Waals surface area contributed by atoms with Crippen LogP contribution >= 0.6 is 11.3 Å². The van der Waals surface area contributed by atoms with E-state index in [1.165, 1.54) is 16.9 Å². The molecule has 146 valence electrons. The first kappa shape index (κ1) is 21.0. The Morgan fingerprint density at radius 3 is 2.37 bits per heavy atom. The molecule has 0 radical (unpaired) electrons. The van der Waals surface area contributed by atoms with Gasteiger partial charge in [-0.1, -0.05) is 75.3 Å². The summed E-state index contributed by atoms with van der Waals surface area (Å²) in [5.74, 6) is -0.104. The smallest absolute Gasteiger partial charge is 0.249 e. The minimum atomic E-state index is -0.590. The van der Waals surface area contributed by atoms with Crippen LogP contribution in [0.15, 0.2) is 24.3 Å². The van der Waals surface area contributed by atoms with Gasteiger partial charge in [-0.25, -0.2) is 0 Å². The van der Waals surface area contributed by atoms with Gasteiger partial charge in [-0.15, -0.1) is 10.2 Å². The molecule has 2 rings (SSSR count). The number of anilines is 1. The van der Waals surface area contributed by atoms with E-state index in [9.17, 15) is 9.59 Å². The number of hydrogen-bond donors (Lipinski definition) is 2. The van der Waals surface area contributed by atoms with Crippen LogP contribution in [0.4, 0.5) is 5.13 Å². The summed E-state index contributed by atoms with van der Waals surface area (Å²) in [6.45, 7) is 9.94. The number of nitrogens with one attached hydrogen (secondary N) is 2. The van der Waals surface area contributed by atoms with E-state index in [0.717, 1.165) is 17.0 Å². The van der Waals surface area contributed by atoms with Gasteiger partial charge >= 0.3 is 0 Å². The second-order valence-corrected chi connectivity index (χ2v) is 8.27. The number of benzene rings is 1. The van der Waals surface area contributed by atoms with Crippen molar-refractivity contribution in [3.8, 4) is 10.6 Å².